The molecule has 3 heteroatoms. The van der Waals surface area contributed by atoms with Crippen LogP contribution in [-0.2, 0) is 49.5 Å². The minimum atomic E-state index is 0. The average Bonchev–Trinajstić information content (AvgIpc) is 3.17. The summed E-state index contributed by atoms with van der Waals surface area (Å²) in [7, 11) is 0. The summed E-state index contributed by atoms with van der Waals surface area (Å²) < 4.78 is 0. The zero-order chi connectivity index (χ0) is 15.1. The van der Waals surface area contributed by atoms with Crippen LogP contribution >= 0.6 is 0 Å². The largest absolute Gasteiger partial charge is 0.338 e. The van der Waals surface area contributed by atoms with Crippen molar-refractivity contribution in [3.63, 3.8) is 0 Å². The Bertz CT molecular complexity index is 311. The van der Waals surface area contributed by atoms with Gasteiger partial charge in [0.15, 0.2) is 0 Å². The zero-order valence-electron chi connectivity index (χ0n) is 13.8. The SMILES string of the molecule is [CH2-]C(C)(C)C.[Ni].[Ni].[Ni].c1cc[cH-]c1.c1cc[cH-]c1.c1cc[cH-]c1. The molecule has 0 nitrogen and oxygen atoms in total. The van der Waals surface area contributed by atoms with Crippen molar-refractivity contribution in [2.24, 2.45) is 5.41 Å². The first-order valence-electron chi connectivity index (χ1n) is 6.85. The smallest absolute Gasteiger partial charge is 0 e. The second-order valence-electron chi connectivity index (χ2n) is 5.45. The Balaban J connectivity index is -0.000000100. The summed E-state index contributed by atoms with van der Waals surface area (Å²) in [6.45, 7) is 10.0. The number of rotatable bonds is 0. The molecular weight excluding hydrogens is 416 g/mol. The molecule has 0 aliphatic rings. The van der Waals surface area contributed by atoms with Crippen LogP contribution in [-0.4, -0.2) is 0 Å². The first-order valence-corrected chi connectivity index (χ1v) is 6.85. The zero-order valence-corrected chi connectivity index (χ0v) is 16.8. The molecule has 0 saturated heterocycles. The summed E-state index contributed by atoms with van der Waals surface area (Å²) in [4.78, 5) is 0. The monoisotopic (exact) mass is 440 g/mol. The molecule has 0 aromatic heterocycles. The van der Waals surface area contributed by atoms with Gasteiger partial charge in [0.1, 0.15) is 0 Å². The van der Waals surface area contributed by atoms with E-state index >= 15 is 0 Å². The van der Waals surface area contributed by atoms with E-state index in [0.29, 0.717) is 0 Å². The van der Waals surface area contributed by atoms with Gasteiger partial charge in [-0.3, -0.25) is 0 Å². The van der Waals surface area contributed by atoms with Gasteiger partial charge in [0.2, 0.25) is 0 Å². The third-order valence-corrected chi connectivity index (χ3v) is 1.67. The maximum atomic E-state index is 3.77. The molecular formula is C20H26Ni3-4. The summed E-state index contributed by atoms with van der Waals surface area (Å²) in [6, 6.07) is 30.0. The molecule has 0 aliphatic carbocycles. The second-order valence-corrected chi connectivity index (χ2v) is 5.45. The van der Waals surface area contributed by atoms with Crippen molar-refractivity contribution in [3.05, 3.63) is 97.9 Å². The fraction of sp³-hybridized carbons (Fsp3) is 0.200. The van der Waals surface area contributed by atoms with Crippen LogP contribution in [0, 0.1) is 12.3 Å². The van der Waals surface area contributed by atoms with Crippen LogP contribution in [0.25, 0.3) is 0 Å². The van der Waals surface area contributed by atoms with E-state index in [1.54, 1.807) is 0 Å². The molecule has 0 heterocycles. The average molecular weight is 443 g/mol. The molecule has 0 saturated carbocycles. The van der Waals surface area contributed by atoms with Gasteiger partial charge in [-0.15, -0.1) is 0 Å². The van der Waals surface area contributed by atoms with E-state index in [1.807, 2.05) is 91.0 Å². The van der Waals surface area contributed by atoms with E-state index in [9.17, 15) is 0 Å². The van der Waals surface area contributed by atoms with Crippen LogP contribution in [0.15, 0.2) is 91.0 Å². The molecule has 0 fully saturated rings. The Labute approximate surface area is 172 Å². The number of hydrogen-bond donors (Lipinski definition) is 0. The minimum absolute atomic E-state index is 0. The summed E-state index contributed by atoms with van der Waals surface area (Å²) in [5.41, 5.74) is 0.250. The van der Waals surface area contributed by atoms with Crippen molar-refractivity contribution in [1.29, 1.82) is 0 Å². The summed E-state index contributed by atoms with van der Waals surface area (Å²) in [6.07, 6.45) is 0. The van der Waals surface area contributed by atoms with Crippen molar-refractivity contribution in [2.75, 3.05) is 0 Å². The predicted molar refractivity (Wildman–Crippen MR) is 90.9 cm³/mol. The first kappa shape index (κ1) is 30.4. The van der Waals surface area contributed by atoms with Crippen LogP contribution in [0.1, 0.15) is 20.8 Å². The molecule has 0 atom stereocenters. The van der Waals surface area contributed by atoms with E-state index in [2.05, 4.69) is 27.7 Å². The maximum absolute atomic E-state index is 3.77. The molecule has 3 rings (SSSR count). The van der Waals surface area contributed by atoms with Gasteiger partial charge in [-0.05, 0) is 0 Å². The summed E-state index contributed by atoms with van der Waals surface area (Å²) in [5, 5.41) is 0. The molecule has 0 amide bonds. The predicted octanol–water partition coefficient (Wildman–Crippen LogP) is 6.08. The Morgan fingerprint density at radius 1 is 0.522 bits per heavy atom. The molecule has 3 aromatic carbocycles. The fourth-order valence-electron chi connectivity index (χ4n) is 0.962. The Morgan fingerprint density at radius 3 is 0.696 bits per heavy atom. The third kappa shape index (κ3) is 38.9. The standard InChI is InChI=1S/3C5H5.C5H11.3Ni/c3*1-2-4-5-3-1;1-5(2,3)4;;;/h3*1-5H;1H2,2-4H3;;;/q4*-1;;;. The minimum Gasteiger partial charge on any atom is -0.338 e. The molecule has 0 spiro atoms. The Kier molecular flexibility index (Phi) is 28.5. The van der Waals surface area contributed by atoms with Crippen molar-refractivity contribution >= 4 is 0 Å². The van der Waals surface area contributed by atoms with Gasteiger partial charge in [-0.25, -0.2) is 36.4 Å². The molecule has 0 bridgehead atoms. The molecule has 140 valence electrons. The maximum Gasteiger partial charge on any atom is 0 e. The Hall–Kier alpha value is -0.469. The molecule has 0 N–H and O–H groups in total. The Morgan fingerprint density at radius 2 is 0.652 bits per heavy atom. The van der Waals surface area contributed by atoms with E-state index in [1.165, 1.54) is 0 Å². The molecule has 0 aliphatic heterocycles. The van der Waals surface area contributed by atoms with Crippen molar-refractivity contribution in [3.8, 4) is 0 Å². The molecule has 0 radical (unpaired) electrons. The van der Waals surface area contributed by atoms with E-state index in [0.717, 1.165) is 0 Å². The third-order valence-electron chi connectivity index (χ3n) is 1.67. The molecule has 3 aromatic rings. The van der Waals surface area contributed by atoms with Crippen LogP contribution in [0.4, 0.5) is 0 Å². The fourth-order valence-corrected chi connectivity index (χ4v) is 0.962. The van der Waals surface area contributed by atoms with E-state index < -0.39 is 0 Å². The number of hydrogen-bond acceptors (Lipinski definition) is 0. The summed E-state index contributed by atoms with van der Waals surface area (Å²) in [5.74, 6) is 0. The second kappa shape index (κ2) is 21.5. The summed E-state index contributed by atoms with van der Waals surface area (Å²) >= 11 is 0. The first-order chi connectivity index (χ1) is 9.50. The van der Waals surface area contributed by atoms with Gasteiger partial charge in [0.25, 0.3) is 0 Å². The normalized spacial score (nSPS) is 7.83. The van der Waals surface area contributed by atoms with Gasteiger partial charge < -0.3 is 6.92 Å². The van der Waals surface area contributed by atoms with Crippen LogP contribution in [0.2, 0.25) is 0 Å². The molecule has 23 heavy (non-hydrogen) atoms. The topological polar surface area (TPSA) is 0 Å². The van der Waals surface area contributed by atoms with Crippen LogP contribution in [0.5, 0.6) is 0 Å². The van der Waals surface area contributed by atoms with E-state index in [-0.39, 0.29) is 54.9 Å². The van der Waals surface area contributed by atoms with Crippen molar-refractivity contribution in [1.82, 2.24) is 0 Å². The van der Waals surface area contributed by atoms with Crippen molar-refractivity contribution in [2.45, 2.75) is 20.8 Å². The van der Waals surface area contributed by atoms with E-state index in [4.69, 9.17) is 0 Å². The van der Waals surface area contributed by atoms with Gasteiger partial charge in [-0.1, -0.05) is 20.8 Å². The molecule has 0 unspecified atom stereocenters. The van der Waals surface area contributed by atoms with Gasteiger partial charge in [-0.2, -0.15) is 60.0 Å². The van der Waals surface area contributed by atoms with Gasteiger partial charge in [0, 0.05) is 49.5 Å². The van der Waals surface area contributed by atoms with Gasteiger partial charge >= 0.3 is 0 Å². The van der Waals surface area contributed by atoms with Crippen molar-refractivity contribution < 1.29 is 49.5 Å². The van der Waals surface area contributed by atoms with Gasteiger partial charge in [0.05, 0.1) is 0 Å². The van der Waals surface area contributed by atoms with Crippen LogP contribution < -0.4 is 0 Å². The quantitative estimate of drug-likeness (QED) is 0.293. The van der Waals surface area contributed by atoms with Crippen LogP contribution in [0.3, 0.4) is 0 Å².